The molecule has 5 aromatic rings. The number of ether oxygens (including phenoxy) is 1. The number of para-hydroxylation sites is 1. The molecule has 0 fully saturated rings. The van der Waals surface area contributed by atoms with E-state index in [1.807, 2.05) is 12.1 Å². The first-order chi connectivity index (χ1) is 17.7. The maximum atomic E-state index is 13.5. The van der Waals surface area contributed by atoms with Crippen molar-refractivity contribution in [3.05, 3.63) is 95.6 Å². The highest BCUT2D eigenvalue weighted by Crippen LogP contribution is 2.34. The third-order valence-electron chi connectivity index (χ3n) is 5.27. The van der Waals surface area contributed by atoms with E-state index in [1.165, 1.54) is 18.3 Å². The molecule has 0 aliphatic carbocycles. The standard InChI is InChI=1S/C25H14Br2N4O6/c1-13(32)36-23-15(9-17(27)11-20(23)31(34)35)12-28-30-24(29-19-5-3-2-4-18(19)25(30)33)22-10-14-8-16(26)6-7-21(14)37-22/h2-12H,1H3. The molecule has 0 saturated carbocycles. The Labute approximate surface area is 224 Å². The number of halogens is 2. The predicted octanol–water partition coefficient (Wildman–Crippen LogP) is 6.05. The van der Waals surface area contributed by atoms with Crippen LogP contribution < -0.4 is 10.3 Å². The van der Waals surface area contributed by atoms with Crippen molar-refractivity contribution in [1.82, 2.24) is 9.66 Å². The van der Waals surface area contributed by atoms with Crippen LogP contribution in [0, 0.1) is 10.1 Å². The zero-order chi connectivity index (χ0) is 26.3. The first kappa shape index (κ1) is 24.5. The fourth-order valence-corrected chi connectivity index (χ4v) is 4.56. The maximum Gasteiger partial charge on any atom is 0.313 e. The maximum absolute atomic E-state index is 13.5. The highest BCUT2D eigenvalue weighted by Gasteiger charge is 2.22. The first-order valence-electron chi connectivity index (χ1n) is 10.6. The van der Waals surface area contributed by atoms with Crippen LogP contribution in [0.4, 0.5) is 5.69 Å². The van der Waals surface area contributed by atoms with Gasteiger partial charge in [0.15, 0.2) is 5.76 Å². The van der Waals surface area contributed by atoms with Crippen molar-refractivity contribution in [1.29, 1.82) is 0 Å². The van der Waals surface area contributed by atoms with Gasteiger partial charge in [-0.2, -0.15) is 9.78 Å². The number of rotatable bonds is 5. The second-order valence-electron chi connectivity index (χ2n) is 7.80. The van der Waals surface area contributed by atoms with E-state index in [-0.39, 0.29) is 22.9 Å². The second kappa shape index (κ2) is 9.71. The van der Waals surface area contributed by atoms with Crippen LogP contribution in [-0.2, 0) is 4.79 Å². The molecule has 0 amide bonds. The Balaban J connectivity index is 1.75. The lowest BCUT2D eigenvalue weighted by molar-refractivity contribution is -0.385. The quantitative estimate of drug-likeness (QED) is 0.0764. The number of benzene rings is 3. The largest absolute Gasteiger partial charge is 0.453 e. The van der Waals surface area contributed by atoms with Crippen molar-refractivity contribution >= 4 is 71.6 Å². The highest BCUT2D eigenvalue weighted by atomic mass is 79.9. The van der Waals surface area contributed by atoms with Gasteiger partial charge in [0, 0.05) is 32.9 Å². The summed E-state index contributed by atoms with van der Waals surface area (Å²) >= 11 is 6.65. The third-order valence-corrected chi connectivity index (χ3v) is 6.22. The number of aromatic nitrogens is 2. The summed E-state index contributed by atoms with van der Waals surface area (Å²) in [5, 5.41) is 17.0. The Morgan fingerprint density at radius 3 is 2.68 bits per heavy atom. The summed E-state index contributed by atoms with van der Waals surface area (Å²) in [6.45, 7) is 1.13. The van der Waals surface area contributed by atoms with E-state index >= 15 is 0 Å². The van der Waals surface area contributed by atoms with Gasteiger partial charge < -0.3 is 9.15 Å². The van der Waals surface area contributed by atoms with Gasteiger partial charge in [0.1, 0.15) is 5.58 Å². The molecule has 2 heterocycles. The average Bonchev–Trinajstić information content (AvgIpc) is 3.27. The number of nitro groups is 1. The van der Waals surface area contributed by atoms with E-state index < -0.39 is 22.1 Å². The van der Waals surface area contributed by atoms with Crippen molar-refractivity contribution < 1.29 is 18.9 Å². The summed E-state index contributed by atoms with van der Waals surface area (Å²) in [7, 11) is 0. The van der Waals surface area contributed by atoms with Crippen molar-refractivity contribution in [2.45, 2.75) is 6.92 Å². The molecule has 0 radical (unpaired) electrons. The van der Waals surface area contributed by atoms with E-state index in [0.29, 0.717) is 21.0 Å². The molecule has 3 aromatic carbocycles. The van der Waals surface area contributed by atoms with Crippen LogP contribution in [0.3, 0.4) is 0 Å². The number of esters is 1. The lowest BCUT2D eigenvalue weighted by Crippen LogP contribution is -2.20. The smallest absolute Gasteiger partial charge is 0.313 e. The summed E-state index contributed by atoms with van der Waals surface area (Å²) in [5.74, 6) is -0.653. The lowest BCUT2D eigenvalue weighted by atomic mass is 10.2. The first-order valence-corrected chi connectivity index (χ1v) is 12.2. The summed E-state index contributed by atoms with van der Waals surface area (Å²) < 4.78 is 13.3. The molecule has 37 heavy (non-hydrogen) atoms. The van der Waals surface area contributed by atoms with Crippen LogP contribution in [0.15, 0.2) is 83.9 Å². The Hall–Kier alpha value is -4.16. The molecule has 184 valence electrons. The van der Waals surface area contributed by atoms with Crippen LogP contribution in [0.2, 0.25) is 0 Å². The van der Waals surface area contributed by atoms with E-state index in [4.69, 9.17) is 9.15 Å². The number of hydrogen-bond acceptors (Lipinski definition) is 8. The molecule has 10 nitrogen and oxygen atoms in total. The minimum Gasteiger partial charge on any atom is -0.453 e. The van der Waals surface area contributed by atoms with Crippen LogP contribution in [0.1, 0.15) is 12.5 Å². The van der Waals surface area contributed by atoms with Gasteiger partial charge in [0.05, 0.1) is 22.0 Å². The minimum atomic E-state index is -0.751. The summed E-state index contributed by atoms with van der Waals surface area (Å²) in [5.41, 5.74) is 0.177. The monoisotopic (exact) mass is 624 g/mol. The molecular weight excluding hydrogens is 612 g/mol. The Kier molecular flexibility index (Phi) is 6.44. The Morgan fingerprint density at radius 1 is 1.14 bits per heavy atom. The average molecular weight is 626 g/mol. The number of nitrogens with zero attached hydrogens (tertiary/aromatic N) is 4. The van der Waals surface area contributed by atoms with Crippen molar-refractivity contribution in [3.8, 4) is 17.3 Å². The van der Waals surface area contributed by atoms with Gasteiger partial charge in [0.25, 0.3) is 5.56 Å². The van der Waals surface area contributed by atoms with Gasteiger partial charge in [-0.1, -0.05) is 44.0 Å². The molecule has 0 N–H and O–H groups in total. The number of carbonyl (C=O) groups excluding carboxylic acids is 1. The van der Waals surface area contributed by atoms with Gasteiger partial charge in [-0.05, 0) is 42.5 Å². The van der Waals surface area contributed by atoms with Crippen molar-refractivity contribution in [3.63, 3.8) is 0 Å². The van der Waals surface area contributed by atoms with E-state index in [0.717, 1.165) is 21.5 Å². The zero-order valence-electron chi connectivity index (χ0n) is 18.8. The van der Waals surface area contributed by atoms with Gasteiger partial charge in [-0.15, -0.1) is 0 Å². The van der Waals surface area contributed by atoms with Crippen LogP contribution in [0.25, 0.3) is 33.5 Å². The van der Waals surface area contributed by atoms with E-state index in [9.17, 15) is 19.7 Å². The number of furan rings is 1. The molecule has 0 unspecified atom stereocenters. The zero-order valence-corrected chi connectivity index (χ0v) is 22.0. The van der Waals surface area contributed by atoms with E-state index in [2.05, 4.69) is 41.9 Å². The normalized spacial score (nSPS) is 11.4. The third kappa shape index (κ3) is 4.80. The van der Waals surface area contributed by atoms with Crippen LogP contribution in [0.5, 0.6) is 5.75 Å². The second-order valence-corrected chi connectivity index (χ2v) is 9.63. The molecular formula is C25H14Br2N4O6. The van der Waals surface area contributed by atoms with Crippen LogP contribution >= 0.6 is 31.9 Å². The van der Waals surface area contributed by atoms with Gasteiger partial charge in [-0.25, -0.2) is 4.98 Å². The molecule has 0 saturated heterocycles. The van der Waals surface area contributed by atoms with E-state index in [1.54, 1.807) is 36.4 Å². The predicted molar refractivity (Wildman–Crippen MR) is 144 cm³/mol. The van der Waals surface area contributed by atoms with Gasteiger partial charge in [-0.3, -0.25) is 19.7 Å². The number of carbonyl (C=O) groups is 1. The summed E-state index contributed by atoms with van der Waals surface area (Å²) in [6, 6.07) is 16.7. The number of hydrogen-bond donors (Lipinski definition) is 0. The van der Waals surface area contributed by atoms with Gasteiger partial charge in [0.2, 0.25) is 11.6 Å². The van der Waals surface area contributed by atoms with Crippen LogP contribution in [-0.4, -0.2) is 26.8 Å². The molecule has 0 aliphatic rings. The summed E-state index contributed by atoms with van der Waals surface area (Å²) in [4.78, 5) is 40.7. The molecule has 12 heteroatoms. The van der Waals surface area contributed by atoms with Crippen molar-refractivity contribution in [2.24, 2.45) is 5.10 Å². The molecule has 0 atom stereocenters. The Morgan fingerprint density at radius 2 is 1.92 bits per heavy atom. The molecule has 0 spiro atoms. The molecule has 2 aromatic heterocycles. The van der Waals surface area contributed by atoms with Crippen molar-refractivity contribution in [2.75, 3.05) is 0 Å². The highest BCUT2D eigenvalue weighted by molar-refractivity contribution is 9.10. The fourth-order valence-electron chi connectivity index (χ4n) is 3.72. The molecule has 5 rings (SSSR count). The molecule has 0 aliphatic heterocycles. The molecule has 0 bridgehead atoms. The topological polar surface area (TPSA) is 130 Å². The SMILES string of the molecule is CC(=O)Oc1c(C=Nn2c(-c3cc4cc(Br)ccc4o3)nc3ccccc3c2=O)cc(Br)cc1[N+](=O)[O-]. The number of nitro benzene ring substituents is 1. The minimum absolute atomic E-state index is 0.0934. The Bertz CT molecular complexity index is 1830. The lowest BCUT2D eigenvalue weighted by Gasteiger charge is -2.09. The number of fused-ring (bicyclic) bond motifs is 2. The van der Waals surface area contributed by atoms with Gasteiger partial charge >= 0.3 is 11.7 Å². The summed E-state index contributed by atoms with van der Waals surface area (Å²) in [6.07, 6.45) is 1.19. The fraction of sp³-hybridized carbons (Fsp3) is 0.0400.